The first-order valence-electron chi connectivity index (χ1n) is 9.89. The van der Waals surface area contributed by atoms with Crippen molar-refractivity contribution in [3.05, 3.63) is 89.0 Å². The lowest BCUT2D eigenvalue weighted by Gasteiger charge is -2.14. The second kappa shape index (κ2) is 9.58. The van der Waals surface area contributed by atoms with E-state index < -0.39 is 36.3 Å². The first kappa shape index (κ1) is 24.8. The molecular weight excluding hydrogens is 462 g/mol. The van der Waals surface area contributed by atoms with Crippen molar-refractivity contribution in [2.45, 2.75) is 19.3 Å². The molecule has 4 nitrogen and oxygen atoms in total. The predicted octanol–water partition coefficient (Wildman–Crippen LogP) is 6.23. The molecule has 0 aliphatic rings. The molecule has 34 heavy (non-hydrogen) atoms. The van der Waals surface area contributed by atoms with Gasteiger partial charge >= 0.3 is 12.4 Å². The van der Waals surface area contributed by atoms with E-state index in [1.54, 1.807) is 30.4 Å². The molecule has 3 rings (SSSR count). The second-order valence-corrected chi connectivity index (χ2v) is 7.40. The summed E-state index contributed by atoms with van der Waals surface area (Å²) in [7, 11) is 0. The minimum Gasteiger partial charge on any atom is -0.343 e. The maximum atomic E-state index is 13.0. The molecule has 0 radical (unpaired) electrons. The van der Waals surface area contributed by atoms with Crippen LogP contribution in [0.15, 0.2) is 66.7 Å². The maximum Gasteiger partial charge on any atom is 0.416 e. The number of carbonyl (C=O) groups is 2. The average molecular weight is 480 g/mol. The van der Waals surface area contributed by atoms with Crippen LogP contribution in [0.2, 0.25) is 0 Å². The van der Waals surface area contributed by atoms with E-state index in [2.05, 4.69) is 5.32 Å². The molecule has 0 saturated heterocycles. The van der Waals surface area contributed by atoms with Crippen molar-refractivity contribution in [3.8, 4) is 11.1 Å². The van der Waals surface area contributed by atoms with Crippen molar-refractivity contribution in [1.29, 1.82) is 0 Å². The summed E-state index contributed by atoms with van der Waals surface area (Å²) in [6.07, 6.45) is -9.07. The average Bonchev–Trinajstić information content (AvgIpc) is 2.78. The highest BCUT2D eigenvalue weighted by atomic mass is 19.4. The van der Waals surface area contributed by atoms with Crippen LogP contribution in [0.4, 0.5) is 32.0 Å². The number of rotatable bonds is 5. The molecule has 0 spiro atoms. The highest BCUT2D eigenvalue weighted by Gasteiger charge is 2.30. The molecule has 0 bridgehead atoms. The number of amides is 2. The van der Waals surface area contributed by atoms with E-state index >= 15 is 0 Å². The molecule has 2 amide bonds. The Morgan fingerprint density at radius 3 is 2.09 bits per heavy atom. The summed E-state index contributed by atoms with van der Waals surface area (Å²) in [5, 5.41) is 4.38. The number of nitrogens with one attached hydrogen (secondary N) is 2. The van der Waals surface area contributed by atoms with Gasteiger partial charge in [-0.05, 0) is 53.9 Å². The van der Waals surface area contributed by atoms with Crippen LogP contribution < -0.4 is 10.6 Å². The van der Waals surface area contributed by atoms with Crippen molar-refractivity contribution in [2.75, 3.05) is 11.9 Å². The monoisotopic (exact) mass is 480 g/mol. The van der Waals surface area contributed by atoms with Gasteiger partial charge in [0.1, 0.15) is 6.54 Å². The summed E-state index contributed by atoms with van der Waals surface area (Å²) < 4.78 is 75.7. The van der Waals surface area contributed by atoms with E-state index in [1.165, 1.54) is 36.4 Å². The lowest BCUT2D eigenvalue weighted by molar-refractivity contribution is -0.137. The fraction of sp³-hybridized carbons (Fsp3) is 0.167. The topological polar surface area (TPSA) is 58.2 Å². The summed E-state index contributed by atoms with van der Waals surface area (Å²) in [6.45, 7) is 0.136. The fourth-order valence-corrected chi connectivity index (χ4v) is 3.14. The number of hydrogen-bond acceptors (Lipinski definition) is 2. The van der Waals surface area contributed by atoms with Crippen LogP contribution in [0.5, 0.6) is 0 Å². The van der Waals surface area contributed by atoms with Crippen molar-refractivity contribution in [1.82, 2.24) is 5.32 Å². The SMILES string of the molecule is Cc1ccc(C(=O)NCC(F)(F)F)cc1NC(=O)c1ccccc1-c1ccc(C(F)(F)F)cc1. The highest BCUT2D eigenvalue weighted by molar-refractivity contribution is 6.09. The van der Waals surface area contributed by atoms with Crippen LogP contribution in [-0.2, 0) is 6.18 Å². The molecule has 0 heterocycles. The second-order valence-electron chi connectivity index (χ2n) is 7.40. The lowest BCUT2D eigenvalue weighted by atomic mass is 9.98. The Balaban J connectivity index is 1.85. The number of carbonyl (C=O) groups excluding carboxylic acids is 2. The molecule has 0 aromatic heterocycles. The Hall–Kier alpha value is -3.82. The highest BCUT2D eigenvalue weighted by Crippen LogP contribution is 2.32. The zero-order valence-electron chi connectivity index (χ0n) is 17.6. The number of alkyl halides is 6. The first-order chi connectivity index (χ1) is 15.8. The maximum absolute atomic E-state index is 13.0. The molecule has 0 atom stereocenters. The Morgan fingerprint density at radius 2 is 1.47 bits per heavy atom. The van der Waals surface area contributed by atoms with Crippen LogP contribution in [0, 0.1) is 6.92 Å². The standard InChI is InChI=1S/C24H18F6N2O2/c1-14-6-7-16(21(33)31-13-23(25,26)27)12-20(14)32-22(34)19-5-3-2-4-18(19)15-8-10-17(11-9-15)24(28,29)30/h2-12H,13H2,1H3,(H,31,33)(H,32,34). The molecule has 0 fully saturated rings. The fourth-order valence-electron chi connectivity index (χ4n) is 3.14. The normalized spacial score (nSPS) is 11.7. The number of aryl methyl sites for hydroxylation is 1. The van der Waals surface area contributed by atoms with E-state index in [-0.39, 0.29) is 16.8 Å². The van der Waals surface area contributed by atoms with Gasteiger partial charge < -0.3 is 10.6 Å². The summed E-state index contributed by atoms with van der Waals surface area (Å²) in [6, 6.07) is 14.7. The molecule has 0 saturated carbocycles. The van der Waals surface area contributed by atoms with E-state index in [4.69, 9.17) is 0 Å². The molecule has 0 aliphatic heterocycles. The van der Waals surface area contributed by atoms with Crippen LogP contribution in [0.1, 0.15) is 31.8 Å². The van der Waals surface area contributed by atoms with Gasteiger partial charge in [-0.3, -0.25) is 9.59 Å². The number of benzene rings is 3. The molecule has 10 heteroatoms. The van der Waals surface area contributed by atoms with Gasteiger partial charge in [-0.25, -0.2) is 0 Å². The zero-order valence-corrected chi connectivity index (χ0v) is 17.6. The van der Waals surface area contributed by atoms with Crippen molar-refractivity contribution < 1.29 is 35.9 Å². The molecular formula is C24H18F6N2O2. The number of halogens is 6. The van der Waals surface area contributed by atoms with Crippen LogP contribution in [0.25, 0.3) is 11.1 Å². The molecule has 3 aromatic rings. The van der Waals surface area contributed by atoms with Gasteiger partial charge in [0.05, 0.1) is 5.56 Å². The summed E-state index contributed by atoms with van der Waals surface area (Å²) in [5.74, 6) is -1.57. The lowest BCUT2D eigenvalue weighted by Crippen LogP contribution is -2.33. The first-order valence-corrected chi connectivity index (χ1v) is 9.89. The van der Waals surface area contributed by atoms with Crippen LogP contribution in [0.3, 0.4) is 0 Å². The van der Waals surface area contributed by atoms with Crippen molar-refractivity contribution in [2.24, 2.45) is 0 Å². The Morgan fingerprint density at radius 1 is 0.824 bits per heavy atom. The largest absolute Gasteiger partial charge is 0.416 e. The summed E-state index contributed by atoms with van der Waals surface area (Å²) in [4.78, 5) is 25.0. The van der Waals surface area contributed by atoms with E-state index in [0.717, 1.165) is 12.1 Å². The third kappa shape index (κ3) is 6.15. The molecule has 2 N–H and O–H groups in total. The Kier molecular flexibility index (Phi) is 6.99. The molecule has 0 aliphatic carbocycles. The molecule has 0 unspecified atom stereocenters. The van der Waals surface area contributed by atoms with Gasteiger partial charge in [0.25, 0.3) is 11.8 Å². The van der Waals surface area contributed by atoms with Gasteiger partial charge in [-0.2, -0.15) is 26.3 Å². The van der Waals surface area contributed by atoms with E-state index in [1.807, 2.05) is 0 Å². The van der Waals surface area contributed by atoms with Gasteiger partial charge in [0.2, 0.25) is 0 Å². The molecule has 3 aromatic carbocycles. The zero-order chi connectivity index (χ0) is 25.1. The number of anilines is 1. The summed E-state index contributed by atoms with van der Waals surface area (Å²) >= 11 is 0. The Labute approximate surface area is 190 Å². The summed E-state index contributed by atoms with van der Waals surface area (Å²) in [5.41, 5.74) is 0.769. The van der Waals surface area contributed by atoms with Crippen molar-refractivity contribution >= 4 is 17.5 Å². The minimum absolute atomic E-state index is 0.0822. The third-order valence-electron chi connectivity index (χ3n) is 4.89. The predicted molar refractivity (Wildman–Crippen MR) is 114 cm³/mol. The smallest absolute Gasteiger partial charge is 0.343 e. The van der Waals surface area contributed by atoms with Gasteiger partial charge in [-0.1, -0.05) is 36.4 Å². The van der Waals surface area contributed by atoms with Gasteiger partial charge in [0.15, 0.2) is 0 Å². The van der Waals surface area contributed by atoms with Crippen molar-refractivity contribution in [3.63, 3.8) is 0 Å². The van der Waals surface area contributed by atoms with Gasteiger partial charge in [-0.15, -0.1) is 0 Å². The third-order valence-corrected chi connectivity index (χ3v) is 4.89. The van der Waals surface area contributed by atoms with E-state index in [0.29, 0.717) is 16.7 Å². The van der Waals surface area contributed by atoms with Crippen LogP contribution >= 0.6 is 0 Å². The Bertz CT molecular complexity index is 1200. The van der Waals surface area contributed by atoms with E-state index in [9.17, 15) is 35.9 Å². The van der Waals surface area contributed by atoms with Crippen LogP contribution in [-0.4, -0.2) is 24.5 Å². The minimum atomic E-state index is -4.57. The number of hydrogen-bond donors (Lipinski definition) is 2. The quantitative estimate of drug-likeness (QED) is 0.426. The molecule has 178 valence electrons. The van der Waals surface area contributed by atoms with Gasteiger partial charge in [0, 0.05) is 16.8 Å².